The summed E-state index contributed by atoms with van der Waals surface area (Å²) in [6.07, 6.45) is 15.3. The van der Waals surface area contributed by atoms with Crippen LogP contribution in [0.3, 0.4) is 0 Å². The van der Waals surface area contributed by atoms with Crippen molar-refractivity contribution in [1.82, 2.24) is 106 Å². The van der Waals surface area contributed by atoms with Crippen LogP contribution in [-0.4, -0.2) is 119 Å². The fourth-order valence-corrected chi connectivity index (χ4v) is 13.2. The molecule has 35 heteroatoms. The number of nitrogens with one attached hydrogen (secondary N) is 10. The molecule has 31 nitrogen and oxygen atoms in total. The molecule has 21 aromatic rings. The first kappa shape index (κ1) is 74.3. The zero-order valence-electron chi connectivity index (χ0n) is 63.0. The number of rotatable bonds is 19. The number of aromatic amines is 5. The standard InChI is InChI=1S/C18H20N6O.C17H13N7O.2C16H12F2N4O.C15H13N5O/c1-3-24(4-2)11-15-13-8-7-12(10-16(13)25-23-15)20-18-17-14(21-22-18)6-5-9-19-17;1-3-13-16(18-6-1)17(22-21-13)20-11-4-5-12-14(23-25-15(12)9-11)10-24-8-2-7-19-24;1-16(17,18)11-8-23-13-7-9(4-5-10(11)13)20-15-14-12(21-22-15)3-2-6-19-14;1-16(17,18)12-8-23-13-7-9(4-5-10(12)13)20-15-11-3-2-6-19-14(11)21-22-15;1-2-11-10-6-5-9(8-13(10)21-20-11)17-15-14-12(18-19-15)4-3-7-16-14/h5-10H,3-4,11H2,1-2H3,(H2,20,21,22);1-9H,10H2,(H2,20,21,22);2-8H,1H3,(H2,20,21,22);2-8H,1H3,(H2,19,20,21,22);3-8H,2H2,1H3,(H2,17,18,19). The summed E-state index contributed by atoms with van der Waals surface area (Å²) in [6, 6.07) is 48.4. The second kappa shape index (κ2) is 32.0. The molecule has 0 radical (unpaired) electrons. The van der Waals surface area contributed by atoms with Crippen LogP contribution in [-0.2, 0) is 31.4 Å². The first-order valence-electron chi connectivity index (χ1n) is 37.0. The summed E-state index contributed by atoms with van der Waals surface area (Å²) >= 11 is 0. The topological polar surface area (TPSA) is 393 Å². The molecule has 0 aliphatic carbocycles. The van der Waals surface area contributed by atoms with Gasteiger partial charge in [-0.3, -0.25) is 55.0 Å². The molecule has 21 rings (SSSR count). The normalized spacial score (nSPS) is 11.7. The lowest BCUT2D eigenvalue weighted by Gasteiger charge is -2.15. The lowest BCUT2D eigenvalue weighted by atomic mass is 10.1. The van der Waals surface area contributed by atoms with Crippen molar-refractivity contribution in [1.29, 1.82) is 0 Å². The number of H-pyrrole nitrogens is 5. The van der Waals surface area contributed by atoms with Gasteiger partial charge in [0.15, 0.2) is 45.7 Å². The summed E-state index contributed by atoms with van der Waals surface area (Å²) < 4.78 is 82.7. The summed E-state index contributed by atoms with van der Waals surface area (Å²) in [6.45, 7) is 11.4. The highest BCUT2D eigenvalue weighted by atomic mass is 19.3. The molecular formula is C82H70F4N26O5. The third kappa shape index (κ3) is 15.9. The Balaban J connectivity index is 0.000000105. The highest BCUT2D eigenvalue weighted by molar-refractivity contribution is 5.95. The van der Waals surface area contributed by atoms with Gasteiger partial charge in [0.1, 0.15) is 63.0 Å². The van der Waals surface area contributed by atoms with E-state index in [1.807, 2.05) is 132 Å². The molecule has 0 saturated heterocycles. The van der Waals surface area contributed by atoms with Gasteiger partial charge < -0.3 is 49.0 Å². The van der Waals surface area contributed by atoms with Gasteiger partial charge in [-0.25, -0.2) is 22.5 Å². The minimum Gasteiger partial charge on any atom is -0.464 e. The van der Waals surface area contributed by atoms with E-state index in [1.165, 1.54) is 0 Å². The summed E-state index contributed by atoms with van der Waals surface area (Å²) in [7, 11) is 0. The summed E-state index contributed by atoms with van der Waals surface area (Å²) in [4.78, 5) is 23.7. The minimum atomic E-state index is -2.94. The van der Waals surface area contributed by atoms with Gasteiger partial charge in [-0.1, -0.05) is 36.2 Å². The second-order valence-corrected chi connectivity index (χ2v) is 27.0. The Hall–Kier alpha value is -15.4. The number of benzene rings is 5. The molecule has 0 aliphatic heterocycles. The van der Waals surface area contributed by atoms with E-state index < -0.39 is 11.8 Å². The van der Waals surface area contributed by atoms with Gasteiger partial charge in [-0.05, 0) is 147 Å². The number of aryl methyl sites for hydroxylation is 1. The molecule has 0 atom stereocenters. The van der Waals surface area contributed by atoms with Crippen molar-refractivity contribution in [2.45, 2.75) is 66.0 Å². The Morgan fingerprint density at radius 1 is 0.393 bits per heavy atom. The van der Waals surface area contributed by atoms with Crippen LogP contribution in [0, 0.1) is 0 Å². The van der Waals surface area contributed by atoms with Crippen LogP contribution in [0.25, 0.3) is 110 Å². The van der Waals surface area contributed by atoms with Crippen LogP contribution in [0.1, 0.15) is 62.8 Å². The molecule has 117 heavy (non-hydrogen) atoms. The number of hydrogen-bond acceptors (Lipinski definition) is 25. The molecule has 10 N–H and O–H groups in total. The van der Waals surface area contributed by atoms with Crippen LogP contribution in [0.5, 0.6) is 0 Å². The van der Waals surface area contributed by atoms with Gasteiger partial charge in [0.05, 0.1) is 50.8 Å². The first-order valence-corrected chi connectivity index (χ1v) is 37.0. The molecule has 0 saturated carbocycles. The van der Waals surface area contributed by atoms with Crippen molar-refractivity contribution in [3.05, 3.63) is 242 Å². The van der Waals surface area contributed by atoms with E-state index in [9.17, 15) is 17.6 Å². The molecule has 0 fully saturated rings. The first-order chi connectivity index (χ1) is 57.0. The van der Waals surface area contributed by atoms with Crippen molar-refractivity contribution < 1.29 is 40.0 Å². The number of fused-ring (bicyclic) bond motifs is 10. The highest BCUT2D eigenvalue weighted by Gasteiger charge is 2.31. The number of aromatic nitrogens is 20. The number of alkyl halides is 4. The zero-order valence-corrected chi connectivity index (χ0v) is 63.0. The monoisotopic (exact) mass is 1570 g/mol. The Labute approximate surface area is 658 Å². The van der Waals surface area contributed by atoms with Crippen molar-refractivity contribution >= 4 is 168 Å². The lowest BCUT2D eigenvalue weighted by Crippen LogP contribution is -2.22. The third-order valence-electron chi connectivity index (χ3n) is 19.1. The predicted octanol–water partition coefficient (Wildman–Crippen LogP) is 19.3. The molecule has 0 spiro atoms. The van der Waals surface area contributed by atoms with Gasteiger partial charge in [0.2, 0.25) is 0 Å². The third-order valence-corrected chi connectivity index (χ3v) is 19.1. The van der Waals surface area contributed by atoms with Gasteiger partial charge in [0, 0.05) is 149 Å². The quantitative estimate of drug-likeness (QED) is 0.0336. The van der Waals surface area contributed by atoms with E-state index in [-0.39, 0.29) is 11.1 Å². The predicted molar refractivity (Wildman–Crippen MR) is 437 cm³/mol. The Morgan fingerprint density at radius 2 is 0.778 bits per heavy atom. The molecule has 0 amide bonds. The SMILES string of the molecule is CC(F)(F)c1coc2cc(Nc3[nH]nc4ncccc34)ccc12.CC(F)(F)c1coc2cc(Nc3n[nH]c4cccnc34)ccc12.CCN(CC)Cc1noc2cc(Nc3n[nH]c4cccnc34)ccc12.CCc1noc2cc(Nc3n[nH]c4cccnc34)ccc12.c1cnc2c(Nc3ccc4c(Cn5cccn5)noc4c3)n[nH]c2c1. The average Bonchev–Trinajstić information content (AvgIpc) is 1.63. The number of pyridine rings is 5. The summed E-state index contributed by atoms with van der Waals surface area (Å²) in [5, 5.41) is 73.1. The number of hydrogen-bond donors (Lipinski definition) is 10. The van der Waals surface area contributed by atoms with Crippen LogP contribution in [0.2, 0.25) is 0 Å². The molecule has 0 bridgehead atoms. The number of nitrogens with zero attached hydrogens (tertiary/aromatic N) is 16. The fourth-order valence-electron chi connectivity index (χ4n) is 13.2. The maximum atomic E-state index is 13.5. The maximum absolute atomic E-state index is 13.5. The largest absolute Gasteiger partial charge is 0.464 e. The fraction of sp³-hybridized carbons (Fsp3) is 0.146. The molecule has 0 aliphatic rings. The van der Waals surface area contributed by atoms with E-state index in [2.05, 4.69) is 149 Å². The molecule has 586 valence electrons. The lowest BCUT2D eigenvalue weighted by molar-refractivity contribution is 0.0175. The van der Waals surface area contributed by atoms with Gasteiger partial charge in [-0.15, -0.1) is 0 Å². The van der Waals surface area contributed by atoms with Crippen LogP contribution in [0.15, 0.2) is 236 Å². The average molecular weight is 1580 g/mol. The number of furan rings is 2. The second-order valence-electron chi connectivity index (χ2n) is 27.0. The molecule has 16 aromatic heterocycles. The van der Waals surface area contributed by atoms with Crippen LogP contribution in [0.4, 0.5) is 75.1 Å². The minimum absolute atomic E-state index is 0.116. The van der Waals surface area contributed by atoms with Crippen molar-refractivity contribution in [3.63, 3.8) is 0 Å². The van der Waals surface area contributed by atoms with E-state index >= 15 is 0 Å². The van der Waals surface area contributed by atoms with Crippen LogP contribution >= 0.6 is 0 Å². The molecule has 16 heterocycles. The zero-order chi connectivity index (χ0) is 80.2. The van der Waals surface area contributed by atoms with Crippen LogP contribution < -0.4 is 26.6 Å². The summed E-state index contributed by atoms with van der Waals surface area (Å²) in [5.74, 6) is -2.58. The summed E-state index contributed by atoms with van der Waals surface area (Å²) in [5.41, 5.74) is 16.8. The van der Waals surface area contributed by atoms with E-state index in [4.69, 9.17) is 22.4 Å². The number of halogens is 4. The number of anilines is 10. The maximum Gasteiger partial charge on any atom is 0.274 e. The van der Waals surface area contributed by atoms with E-state index in [0.29, 0.717) is 85.7 Å². The molecule has 5 aromatic carbocycles. The Morgan fingerprint density at radius 3 is 1.20 bits per heavy atom. The van der Waals surface area contributed by atoms with Gasteiger partial charge in [-0.2, -0.15) is 30.6 Å². The Kier molecular flexibility index (Phi) is 20.3. The highest BCUT2D eigenvalue weighted by Crippen LogP contribution is 2.39. The smallest absolute Gasteiger partial charge is 0.274 e. The van der Waals surface area contributed by atoms with Gasteiger partial charge >= 0.3 is 0 Å². The Bertz CT molecular complexity index is 6850. The van der Waals surface area contributed by atoms with E-state index in [1.54, 1.807) is 73.6 Å². The van der Waals surface area contributed by atoms with Gasteiger partial charge in [0.25, 0.3) is 11.8 Å². The molecular weight excluding hydrogens is 1510 g/mol. The van der Waals surface area contributed by atoms with Crippen molar-refractivity contribution in [2.75, 3.05) is 39.7 Å². The van der Waals surface area contributed by atoms with Crippen molar-refractivity contribution in [3.8, 4) is 0 Å². The van der Waals surface area contributed by atoms with Crippen molar-refractivity contribution in [2.24, 2.45) is 0 Å². The molecule has 0 unspecified atom stereocenters. The van der Waals surface area contributed by atoms with E-state index in [0.717, 1.165) is 158 Å².